The number of carboxylic acids is 1. The molecular weight excluding hydrogens is 260 g/mol. The molecule has 2 fully saturated rings. The highest BCUT2D eigenvalue weighted by molar-refractivity contribution is 6.02. The number of carboxylic acid groups (broad SMARTS) is 1. The van der Waals surface area contributed by atoms with E-state index < -0.39 is 17.9 Å². The molecule has 1 aliphatic carbocycles. The lowest BCUT2D eigenvalue weighted by Crippen LogP contribution is -2.53. The number of hydrogen-bond acceptors (Lipinski definition) is 3. The van der Waals surface area contributed by atoms with Crippen molar-refractivity contribution < 1.29 is 19.5 Å². The summed E-state index contributed by atoms with van der Waals surface area (Å²) in [5.41, 5.74) is 0. The number of nitrogens with zero attached hydrogens (tertiary/aromatic N) is 1. The molecule has 6 nitrogen and oxygen atoms in total. The lowest BCUT2D eigenvalue weighted by molar-refractivity contribution is -0.131. The van der Waals surface area contributed by atoms with Crippen LogP contribution in [0.3, 0.4) is 0 Å². The largest absolute Gasteiger partial charge is 0.478 e. The van der Waals surface area contributed by atoms with Crippen LogP contribution in [-0.4, -0.2) is 40.5 Å². The number of carbonyl (C=O) groups is 3. The monoisotopic (exact) mass is 280 g/mol. The van der Waals surface area contributed by atoms with Crippen LogP contribution in [0.4, 0.5) is 4.79 Å². The topological polar surface area (TPSA) is 86.7 Å². The van der Waals surface area contributed by atoms with Crippen molar-refractivity contribution in [2.75, 3.05) is 6.54 Å². The summed E-state index contributed by atoms with van der Waals surface area (Å²) in [7, 11) is 0. The van der Waals surface area contributed by atoms with Crippen molar-refractivity contribution in [3.63, 3.8) is 0 Å². The second-order valence-corrected chi connectivity index (χ2v) is 5.41. The highest BCUT2D eigenvalue weighted by atomic mass is 16.4. The number of fused-ring (bicyclic) bond motifs is 1. The molecule has 0 spiro atoms. The minimum atomic E-state index is -1.21. The van der Waals surface area contributed by atoms with Crippen LogP contribution in [0.2, 0.25) is 0 Å². The maximum atomic E-state index is 12.1. The molecule has 1 saturated heterocycles. The zero-order valence-corrected chi connectivity index (χ0v) is 11.4. The molecule has 1 saturated carbocycles. The van der Waals surface area contributed by atoms with E-state index in [2.05, 4.69) is 5.32 Å². The van der Waals surface area contributed by atoms with Gasteiger partial charge in [-0.15, -0.1) is 0 Å². The molecule has 2 atom stereocenters. The Morgan fingerprint density at radius 2 is 1.75 bits per heavy atom. The minimum Gasteiger partial charge on any atom is -0.478 e. The zero-order chi connectivity index (χ0) is 14.5. The normalized spacial score (nSPS) is 26.1. The molecule has 110 valence electrons. The van der Waals surface area contributed by atoms with Gasteiger partial charge in [0.15, 0.2) is 0 Å². The molecule has 20 heavy (non-hydrogen) atoms. The predicted octanol–water partition coefficient (Wildman–Crippen LogP) is 1.52. The number of nitrogens with one attached hydrogen (secondary N) is 1. The molecule has 1 aliphatic heterocycles. The first-order valence-corrected chi connectivity index (χ1v) is 7.10. The Morgan fingerprint density at radius 3 is 2.50 bits per heavy atom. The lowest BCUT2D eigenvalue weighted by atomic mass is 9.78. The molecule has 6 heteroatoms. The van der Waals surface area contributed by atoms with E-state index in [4.69, 9.17) is 5.11 Å². The van der Waals surface area contributed by atoms with Gasteiger partial charge in [0.05, 0.1) is 0 Å². The van der Waals surface area contributed by atoms with Crippen molar-refractivity contribution in [1.29, 1.82) is 0 Å². The van der Waals surface area contributed by atoms with Crippen LogP contribution in [0.5, 0.6) is 0 Å². The summed E-state index contributed by atoms with van der Waals surface area (Å²) >= 11 is 0. The third-order valence-electron chi connectivity index (χ3n) is 4.11. The second-order valence-electron chi connectivity index (χ2n) is 5.41. The molecule has 0 aromatic rings. The number of carbonyl (C=O) groups excluding carboxylic acids is 2. The number of imide groups is 1. The van der Waals surface area contributed by atoms with Gasteiger partial charge in [-0.2, -0.15) is 0 Å². The third-order valence-corrected chi connectivity index (χ3v) is 4.11. The van der Waals surface area contributed by atoms with Gasteiger partial charge in [-0.05, 0) is 31.6 Å². The van der Waals surface area contributed by atoms with Gasteiger partial charge in [-0.25, -0.2) is 9.59 Å². The number of rotatable bonds is 2. The standard InChI is InChI=1S/C14H20N2O4/c17-12(7-8-13(18)19)15-14(20)16-9-3-5-10-4-1-2-6-11(10)16/h7-8,10-11H,1-6,9H2,(H,18,19)(H,15,17,20)/b8-7+. The van der Waals surface area contributed by atoms with E-state index in [9.17, 15) is 14.4 Å². The first-order chi connectivity index (χ1) is 9.58. The van der Waals surface area contributed by atoms with Gasteiger partial charge in [0, 0.05) is 24.7 Å². The van der Waals surface area contributed by atoms with E-state index >= 15 is 0 Å². The fourth-order valence-corrected chi connectivity index (χ4v) is 3.24. The quantitative estimate of drug-likeness (QED) is 0.751. The molecule has 3 amide bonds. The Bertz CT molecular complexity index is 431. The minimum absolute atomic E-state index is 0.230. The molecule has 2 aliphatic rings. The SMILES string of the molecule is O=C(O)/C=C/C(=O)NC(=O)N1CCCC2CCCCC21. The summed E-state index contributed by atoms with van der Waals surface area (Å²) in [6.45, 7) is 0.670. The molecule has 2 N–H and O–H groups in total. The smallest absolute Gasteiger partial charge is 0.328 e. The molecule has 0 bridgehead atoms. The predicted molar refractivity (Wildman–Crippen MR) is 72.0 cm³/mol. The summed E-state index contributed by atoms with van der Waals surface area (Å²) < 4.78 is 0. The molecule has 1 heterocycles. The third kappa shape index (κ3) is 3.59. The van der Waals surface area contributed by atoms with E-state index in [1.165, 1.54) is 6.42 Å². The summed E-state index contributed by atoms with van der Waals surface area (Å²) in [4.78, 5) is 35.6. The van der Waals surface area contributed by atoms with Crippen LogP contribution in [0.25, 0.3) is 0 Å². The van der Waals surface area contributed by atoms with E-state index in [0.29, 0.717) is 12.5 Å². The van der Waals surface area contributed by atoms with Gasteiger partial charge < -0.3 is 10.0 Å². The maximum Gasteiger partial charge on any atom is 0.328 e. The summed E-state index contributed by atoms with van der Waals surface area (Å²) in [5.74, 6) is -1.35. The second kappa shape index (κ2) is 6.54. The van der Waals surface area contributed by atoms with Crippen molar-refractivity contribution in [3.05, 3.63) is 12.2 Å². The fourth-order valence-electron chi connectivity index (χ4n) is 3.24. The van der Waals surface area contributed by atoms with Crippen LogP contribution in [0.15, 0.2) is 12.2 Å². The van der Waals surface area contributed by atoms with Gasteiger partial charge in [0.1, 0.15) is 0 Å². The van der Waals surface area contributed by atoms with E-state index in [1.807, 2.05) is 0 Å². The van der Waals surface area contributed by atoms with Crippen LogP contribution >= 0.6 is 0 Å². The summed E-state index contributed by atoms with van der Waals surface area (Å²) in [6.07, 6.45) is 8.20. The summed E-state index contributed by atoms with van der Waals surface area (Å²) in [5, 5.41) is 10.7. The van der Waals surface area contributed by atoms with E-state index in [1.54, 1.807) is 4.90 Å². The van der Waals surface area contributed by atoms with Gasteiger partial charge in [-0.3, -0.25) is 10.1 Å². The van der Waals surface area contributed by atoms with Gasteiger partial charge in [-0.1, -0.05) is 12.8 Å². The molecule has 2 unspecified atom stereocenters. The Labute approximate surface area is 117 Å². The molecule has 0 aromatic heterocycles. The zero-order valence-electron chi connectivity index (χ0n) is 11.4. The number of piperidine rings is 1. The van der Waals surface area contributed by atoms with Gasteiger partial charge >= 0.3 is 12.0 Å². The van der Waals surface area contributed by atoms with Crippen molar-refractivity contribution in [1.82, 2.24) is 10.2 Å². The number of aliphatic carboxylic acids is 1. The molecular formula is C14H20N2O4. The lowest BCUT2D eigenvalue weighted by Gasteiger charge is -2.43. The van der Waals surface area contributed by atoms with Gasteiger partial charge in [0.2, 0.25) is 0 Å². The van der Waals surface area contributed by atoms with Crippen LogP contribution in [-0.2, 0) is 9.59 Å². The number of likely N-dealkylation sites (tertiary alicyclic amines) is 1. The Balaban J connectivity index is 1.93. The van der Waals surface area contributed by atoms with Crippen molar-refractivity contribution in [3.8, 4) is 0 Å². The van der Waals surface area contributed by atoms with E-state index in [0.717, 1.165) is 44.3 Å². The average Bonchev–Trinajstić information content (AvgIpc) is 2.44. The summed E-state index contributed by atoms with van der Waals surface area (Å²) in [6, 6.07) is -0.171. The fraction of sp³-hybridized carbons (Fsp3) is 0.643. The number of amides is 3. The van der Waals surface area contributed by atoms with Crippen LogP contribution in [0, 0.1) is 5.92 Å². The van der Waals surface area contributed by atoms with Crippen molar-refractivity contribution >= 4 is 17.9 Å². The Kier molecular flexibility index (Phi) is 4.76. The number of urea groups is 1. The van der Waals surface area contributed by atoms with Crippen molar-refractivity contribution in [2.24, 2.45) is 5.92 Å². The first kappa shape index (κ1) is 14.6. The first-order valence-electron chi connectivity index (χ1n) is 7.10. The van der Waals surface area contributed by atoms with E-state index in [-0.39, 0.29) is 6.04 Å². The number of hydrogen-bond donors (Lipinski definition) is 2. The highest BCUT2D eigenvalue weighted by Gasteiger charge is 2.35. The molecule has 0 radical (unpaired) electrons. The maximum absolute atomic E-state index is 12.1. The van der Waals surface area contributed by atoms with Gasteiger partial charge in [0.25, 0.3) is 5.91 Å². The Hall–Kier alpha value is -1.85. The molecule has 0 aromatic carbocycles. The Morgan fingerprint density at radius 1 is 1.05 bits per heavy atom. The molecule has 2 rings (SSSR count). The van der Waals surface area contributed by atoms with Crippen molar-refractivity contribution in [2.45, 2.75) is 44.6 Å². The highest BCUT2D eigenvalue weighted by Crippen LogP contribution is 2.35. The van der Waals surface area contributed by atoms with Crippen LogP contribution in [0.1, 0.15) is 38.5 Å². The van der Waals surface area contributed by atoms with Crippen LogP contribution < -0.4 is 5.32 Å². The average molecular weight is 280 g/mol.